The zero-order valence-electron chi connectivity index (χ0n) is 17.3. The molecule has 0 radical (unpaired) electrons. The van der Waals surface area contributed by atoms with Crippen LogP contribution in [0, 0.1) is 12.8 Å². The van der Waals surface area contributed by atoms with Crippen LogP contribution in [0.3, 0.4) is 0 Å². The Balaban J connectivity index is 1.79. The van der Waals surface area contributed by atoms with Crippen molar-refractivity contribution in [2.45, 2.75) is 53.1 Å². The van der Waals surface area contributed by atoms with Crippen LogP contribution in [-0.4, -0.2) is 46.4 Å². The molecule has 1 saturated heterocycles. The van der Waals surface area contributed by atoms with E-state index in [4.69, 9.17) is 11.6 Å². The van der Waals surface area contributed by atoms with Crippen molar-refractivity contribution in [1.82, 2.24) is 20.2 Å². The van der Waals surface area contributed by atoms with Gasteiger partial charge in [-0.3, -0.25) is 0 Å². The van der Waals surface area contributed by atoms with Crippen molar-refractivity contribution in [3.63, 3.8) is 0 Å². The molecular formula is C20H32ClN6+. The van der Waals surface area contributed by atoms with E-state index >= 15 is 0 Å². The highest BCUT2D eigenvalue weighted by Gasteiger charge is 2.37. The van der Waals surface area contributed by atoms with E-state index in [2.05, 4.69) is 74.1 Å². The Morgan fingerprint density at radius 1 is 1.15 bits per heavy atom. The van der Waals surface area contributed by atoms with Crippen LogP contribution < -0.4 is 9.80 Å². The fourth-order valence-corrected chi connectivity index (χ4v) is 4.25. The molecule has 1 atom stereocenters. The van der Waals surface area contributed by atoms with Gasteiger partial charge in [0, 0.05) is 16.6 Å². The molecule has 3 rings (SSSR count). The third-order valence-electron chi connectivity index (χ3n) is 5.43. The van der Waals surface area contributed by atoms with Gasteiger partial charge in [-0.2, -0.15) is 0 Å². The Kier molecular flexibility index (Phi) is 5.77. The number of hydrogen-bond acceptors (Lipinski definition) is 4. The summed E-state index contributed by atoms with van der Waals surface area (Å²) in [5.41, 5.74) is 2.41. The fraction of sp³-hybridized carbons (Fsp3) is 0.650. The van der Waals surface area contributed by atoms with E-state index in [1.54, 1.807) is 4.90 Å². The summed E-state index contributed by atoms with van der Waals surface area (Å²) in [6, 6.07) is 6.44. The van der Waals surface area contributed by atoms with Crippen molar-refractivity contribution in [2.24, 2.45) is 5.92 Å². The van der Waals surface area contributed by atoms with E-state index in [1.807, 2.05) is 10.7 Å². The number of quaternary nitrogens is 1. The molecule has 2 heterocycles. The van der Waals surface area contributed by atoms with Gasteiger partial charge in [0.15, 0.2) is 6.04 Å². The molecule has 0 bridgehead atoms. The van der Waals surface area contributed by atoms with Crippen LogP contribution in [0.2, 0.25) is 5.02 Å². The minimum absolute atomic E-state index is 0.120. The van der Waals surface area contributed by atoms with Crippen LogP contribution in [0.25, 0.3) is 0 Å². The quantitative estimate of drug-likeness (QED) is 0.869. The van der Waals surface area contributed by atoms with Gasteiger partial charge in [0.2, 0.25) is 5.82 Å². The lowest BCUT2D eigenvalue weighted by Gasteiger charge is -2.39. The summed E-state index contributed by atoms with van der Waals surface area (Å²) >= 11 is 6.23. The second-order valence-corrected chi connectivity index (χ2v) is 9.35. The molecule has 1 aliphatic heterocycles. The molecule has 0 aliphatic carbocycles. The van der Waals surface area contributed by atoms with Gasteiger partial charge in [-0.25, -0.2) is 4.68 Å². The van der Waals surface area contributed by atoms with Crippen molar-refractivity contribution in [3.8, 4) is 0 Å². The minimum atomic E-state index is -0.120. The fourth-order valence-electron chi connectivity index (χ4n) is 4.09. The normalized spacial score (nSPS) is 17.6. The first-order valence-electron chi connectivity index (χ1n) is 9.83. The molecule has 1 aromatic carbocycles. The topological polar surface area (TPSA) is 51.3 Å². The largest absolute Gasteiger partial charge is 0.360 e. The minimum Gasteiger partial charge on any atom is -0.360 e. The second-order valence-electron chi connectivity index (χ2n) is 8.92. The van der Waals surface area contributed by atoms with Crippen molar-refractivity contribution in [3.05, 3.63) is 34.6 Å². The molecule has 1 aromatic heterocycles. The number of nitrogens with zero attached hydrogens (tertiary/aromatic N) is 5. The average Bonchev–Trinajstić information content (AvgIpc) is 3.07. The number of halogens is 1. The summed E-state index contributed by atoms with van der Waals surface area (Å²) in [5, 5.41) is 13.5. The number of anilines is 1. The number of hydrogen-bond donors (Lipinski definition) is 1. The molecular weight excluding hydrogens is 360 g/mol. The zero-order valence-corrected chi connectivity index (χ0v) is 18.1. The Bertz CT molecular complexity index is 771. The average molecular weight is 392 g/mol. The maximum atomic E-state index is 6.23. The Hall–Kier alpha value is -1.66. The van der Waals surface area contributed by atoms with Gasteiger partial charge in [-0.15, -0.1) is 5.10 Å². The van der Waals surface area contributed by atoms with E-state index < -0.39 is 0 Å². The lowest BCUT2D eigenvalue weighted by atomic mass is 9.99. The van der Waals surface area contributed by atoms with Crippen molar-refractivity contribution in [2.75, 3.05) is 31.1 Å². The van der Waals surface area contributed by atoms with E-state index in [1.165, 1.54) is 11.3 Å². The van der Waals surface area contributed by atoms with E-state index in [9.17, 15) is 0 Å². The lowest BCUT2D eigenvalue weighted by molar-refractivity contribution is -0.937. The summed E-state index contributed by atoms with van der Waals surface area (Å²) in [4.78, 5) is 4.01. The van der Waals surface area contributed by atoms with E-state index in [-0.39, 0.29) is 5.54 Å². The van der Waals surface area contributed by atoms with E-state index in [0.717, 1.165) is 37.0 Å². The van der Waals surface area contributed by atoms with Gasteiger partial charge in [0.1, 0.15) is 0 Å². The van der Waals surface area contributed by atoms with Gasteiger partial charge < -0.3 is 9.80 Å². The molecule has 148 valence electrons. The smallest absolute Gasteiger partial charge is 0.210 e. The van der Waals surface area contributed by atoms with E-state index in [0.29, 0.717) is 12.0 Å². The van der Waals surface area contributed by atoms with Gasteiger partial charge in [0.25, 0.3) is 0 Å². The molecule has 6 nitrogen and oxygen atoms in total. The van der Waals surface area contributed by atoms with Crippen LogP contribution in [0.1, 0.15) is 52.0 Å². The molecule has 27 heavy (non-hydrogen) atoms. The first-order chi connectivity index (χ1) is 12.7. The number of rotatable bonds is 4. The molecule has 0 saturated carbocycles. The molecule has 0 amide bonds. The third kappa shape index (κ3) is 4.27. The standard InChI is InChI=1S/C20H31ClN6/c1-14(2)18(19-22-23-24-27(19)20(4,5)6)26-11-9-25(10-12-26)17-13-16(21)8-7-15(17)3/h7-8,13-14,18H,9-12H2,1-6H3/p+1/t18-/m0/s1. The summed E-state index contributed by atoms with van der Waals surface area (Å²) < 4.78 is 2.00. The van der Waals surface area contributed by atoms with Gasteiger partial charge >= 0.3 is 0 Å². The SMILES string of the molecule is Cc1ccc(Cl)cc1N1CC[NH+]([C@H](c2nnnn2C(C)(C)C)C(C)C)CC1. The maximum absolute atomic E-state index is 6.23. The number of tetrazole rings is 1. The highest BCUT2D eigenvalue weighted by molar-refractivity contribution is 6.30. The Morgan fingerprint density at radius 2 is 1.81 bits per heavy atom. The molecule has 1 aliphatic rings. The lowest BCUT2D eigenvalue weighted by Crippen LogP contribution is -3.15. The number of piperazine rings is 1. The van der Waals surface area contributed by atoms with Crippen LogP contribution in [0.5, 0.6) is 0 Å². The molecule has 1 fully saturated rings. The monoisotopic (exact) mass is 391 g/mol. The number of aryl methyl sites for hydroxylation is 1. The first kappa shape index (κ1) is 20.1. The highest BCUT2D eigenvalue weighted by atomic mass is 35.5. The Labute approximate surface area is 167 Å². The Morgan fingerprint density at radius 3 is 2.41 bits per heavy atom. The van der Waals surface area contributed by atoms with Gasteiger partial charge in [-0.05, 0) is 55.8 Å². The third-order valence-corrected chi connectivity index (χ3v) is 5.67. The maximum Gasteiger partial charge on any atom is 0.210 e. The van der Waals surface area contributed by atoms with Crippen molar-refractivity contribution < 1.29 is 4.90 Å². The summed E-state index contributed by atoms with van der Waals surface area (Å²) in [6.07, 6.45) is 0. The molecule has 2 aromatic rings. The predicted octanol–water partition coefficient (Wildman–Crippen LogP) is 2.49. The van der Waals surface area contributed by atoms with Crippen molar-refractivity contribution in [1.29, 1.82) is 0 Å². The zero-order chi connectivity index (χ0) is 19.8. The van der Waals surface area contributed by atoms with Crippen LogP contribution in [0.15, 0.2) is 18.2 Å². The molecule has 1 N–H and O–H groups in total. The number of benzene rings is 1. The molecule has 0 unspecified atom stereocenters. The van der Waals surface area contributed by atoms with Crippen LogP contribution in [-0.2, 0) is 5.54 Å². The summed E-state index contributed by atoms with van der Waals surface area (Å²) in [6.45, 7) is 17.3. The van der Waals surface area contributed by atoms with Gasteiger partial charge in [-0.1, -0.05) is 31.5 Å². The predicted molar refractivity (Wildman–Crippen MR) is 109 cm³/mol. The molecule has 0 spiro atoms. The van der Waals surface area contributed by atoms with Crippen molar-refractivity contribution >= 4 is 17.3 Å². The highest BCUT2D eigenvalue weighted by Crippen LogP contribution is 2.25. The molecule has 7 heteroatoms. The van der Waals surface area contributed by atoms with Crippen LogP contribution in [0.4, 0.5) is 5.69 Å². The summed E-state index contributed by atoms with van der Waals surface area (Å²) in [5.74, 6) is 1.46. The second kappa shape index (κ2) is 7.76. The summed E-state index contributed by atoms with van der Waals surface area (Å²) in [7, 11) is 0. The number of nitrogens with one attached hydrogen (secondary N) is 1. The van der Waals surface area contributed by atoms with Gasteiger partial charge in [0.05, 0.1) is 31.7 Å². The first-order valence-corrected chi connectivity index (χ1v) is 10.2. The van der Waals surface area contributed by atoms with Crippen LogP contribution >= 0.6 is 11.6 Å². The number of aromatic nitrogens is 4.